The van der Waals surface area contributed by atoms with Crippen molar-refractivity contribution in [3.05, 3.63) is 75.2 Å². The number of nitrogens with one attached hydrogen (secondary N) is 1. The fourth-order valence-corrected chi connectivity index (χ4v) is 4.30. The van der Waals surface area contributed by atoms with E-state index in [0.717, 1.165) is 15.6 Å². The molecule has 7 nitrogen and oxygen atoms in total. The summed E-state index contributed by atoms with van der Waals surface area (Å²) in [6.45, 7) is 0.116. The Kier molecular flexibility index (Phi) is 7.42. The highest BCUT2D eigenvalue weighted by Gasteiger charge is 2.23. The lowest BCUT2D eigenvalue weighted by molar-refractivity contribution is -0.384. The molecule has 9 heteroatoms. The Labute approximate surface area is 181 Å². The van der Waals surface area contributed by atoms with Crippen LogP contribution in [0.15, 0.2) is 53.9 Å². The Balaban J connectivity index is 1.68. The lowest BCUT2D eigenvalue weighted by Crippen LogP contribution is -2.42. The van der Waals surface area contributed by atoms with Gasteiger partial charge in [-0.3, -0.25) is 14.9 Å². The van der Waals surface area contributed by atoms with Crippen molar-refractivity contribution in [1.82, 2.24) is 5.32 Å². The van der Waals surface area contributed by atoms with Crippen molar-refractivity contribution in [2.45, 2.75) is 19.1 Å². The average molecular weight is 445 g/mol. The van der Waals surface area contributed by atoms with Crippen LogP contribution in [0, 0.1) is 10.1 Å². The number of nitro groups is 1. The van der Waals surface area contributed by atoms with E-state index in [0.29, 0.717) is 12.2 Å². The molecule has 156 valence electrons. The maximum absolute atomic E-state index is 12.7. The summed E-state index contributed by atoms with van der Waals surface area (Å²) in [6.07, 6.45) is 2.30. The molecule has 3 aromatic rings. The number of hydrogen-bond donors (Lipinski definition) is 1. The van der Waals surface area contributed by atoms with Crippen LogP contribution in [0.2, 0.25) is 0 Å². The number of carbonyl (C=O) groups excluding carboxylic acids is 2. The molecule has 0 spiro atoms. The molecule has 0 saturated carbocycles. The molecule has 1 aromatic heterocycles. The first kappa shape index (κ1) is 21.8. The fraction of sp³-hybridized carbons (Fsp3) is 0.238. The number of ether oxygens (including phenoxy) is 1. The SMILES string of the molecule is CSCCC(NC(=O)c1cccc([N+](=O)[O-])c1)C(=O)OCc1csc2ccccc12. The van der Waals surface area contributed by atoms with Crippen LogP contribution in [0.3, 0.4) is 0 Å². The lowest BCUT2D eigenvalue weighted by atomic mass is 10.1. The van der Waals surface area contributed by atoms with Gasteiger partial charge in [0.2, 0.25) is 0 Å². The van der Waals surface area contributed by atoms with Crippen molar-refractivity contribution in [2.75, 3.05) is 12.0 Å². The second-order valence-corrected chi connectivity index (χ2v) is 8.38. The summed E-state index contributed by atoms with van der Waals surface area (Å²) >= 11 is 3.13. The molecular formula is C21H20N2O5S2. The van der Waals surface area contributed by atoms with Gasteiger partial charge in [-0.05, 0) is 41.3 Å². The first-order valence-electron chi connectivity index (χ1n) is 9.15. The van der Waals surface area contributed by atoms with Crippen molar-refractivity contribution in [3.63, 3.8) is 0 Å². The summed E-state index contributed by atoms with van der Waals surface area (Å²) in [6, 6.07) is 12.4. The molecule has 1 unspecified atom stereocenters. The van der Waals surface area contributed by atoms with Gasteiger partial charge in [-0.2, -0.15) is 11.8 Å². The summed E-state index contributed by atoms with van der Waals surface area (Å²) in [5.74, 6) is -0.433. The first-order valence-corrected chi connectivity index (χ1v) is 11.4. The molecule has 0 saturated heterocycles. The monoisotopic (exact) mass is 444 g/mol. The van der Waals surface area contributed by atoms with Crippen LogP contribution in [-0.2, 0) is 16.1 Å². The Hall–Kier alpha value is -2.91. The molecule has 0 aliphatic heterocycles. The van der Waals surface area contributed by atoms with Crippen LogP contribution < -0.4 is 5.32 Å². The van der Waals surface area contributed by atoms with Crippen molar-refractivity contribution in [3.8, 4) is 0 Å². The highest BCUT2D eigenvalue weighted by atomic mass is 32.2. The topological polar surface area (TPSA) is 98.5 Å². The van der Waals surface area contributed by atoms with Gasteiger partial charge < -0.3 is 10.1 Å². The summed E-state index contributed by atoms with van der Waals surface area (Å²) in [5, 5.41) is 16.6. The summed E-state index contributed by atoms with van der Waals surface area (Å²) in [5.41, 5.74) is 0.850. The number of amides is 1. The van der Waals surface area contributed by atoms with Gasteiger partial charge in [0.15, 0.2) is 0 Å². The van der Waals surface area contributed by atoms with E-state index in [1.54, 1.807) is 23.1 Å². The highest BCUT2D eigenvalue weighted by molar-refractivity contribution is 7.98. The number of nitro benzene ring substituents is 1. The zero-order valence-electron chi connectivity index (χ0n) is 16.2. The van der Waals surface area contributed by atoms with Gasteiger partial charge in [-0.1, -0.05) is 24.3 Å². The molecular weight excluding hydrogens is 424 g/mol. The second kappa shape index (κ2) is 10.2. The molecule has 0 radical (unpaired) electrons. The van der Waals surface area contributed by atoms with Crippen LogP contribution in [0.25, 0.3) is 10.1 Å². The van der Waals surface area contributed by atoms with E-state index >= 15 is 0 Å². The van der Waals surface area contributed by atoms with Crippen molar-refractivity contribution in [2.24, 2.45) is 0 Å². The Bertz CT molecular complexity index is 1070. The number of thiophene rings is 1. The van der Waals surface area contributed by atoms with Crippen LogP contribution >= 0.6 is 23.1 Å². The number of rotatable bonds is 9. The van der Waals surface area contributed by atoms with Gasteiger partial charge in [0.25, 0.3) is 11.6 Å². The van der Waals surface area contributed by atoms with Crippen LogP contribution in [0.4, 0.5) is 5.69 Å². The standard InChI is InChI=1S/C21H20N2O5S2/c1-29-10-9-18(22-20(24)14-5-4-6-16(11-14)23(26)27)21(25)28-12-15-13-30-19-8-3-2-7-17(15)19/h2-8,11,13,18H,9-10,12H2,1H3,(H,22,24). The second-order valence-electron chi connectivity index (χ2n) is 6.48. The van der Waals surface area contributed by atoms with Gasteiger partial charge in [-0.15, -0.1) is 11.3 Å². The number of non-ortho nitro benzene ring substituents is 1. The van der Waals surface area contributed by atoms with Gasteiger partial charge in [-0.25, -0.2) is 4.79 Å². The van der Waals surface area contributed by atoms with E-state index in [9.17, 15) is 19.7 Å². The molecule has 0 bridgehead atoms. The number of benzene rings is 2. The summed E-state index contributed by atoms with van der Waals surface area (Å²) in [7, 11) is 0. The zero-order chi connectivity index (χ0) is 21.5. The number of fused-ring (bicyclic) bond motifs is 1. The van der Waals surface area contributed by atoms with E-state index in [1.807, 2.05) is 35.9 Å². The number of thioether (sulfide) groups is 1. The zero-order valence-corrected chi connectivity index (χ0v) is 17.8. The van der Waals surface area contributed by atoms with Crippen molar-refractivity contribution < 1.29 is 19.2 Å². The number of nitrogens with zero attached hydrogens (tertiary/aromatic N) is 1. The molecule has 0 aliphatic rings. The van der Waals surface area contributed by atoms with Crippen molar-refractivity contribution in [1.29, 1.82) is 0 Å². The van der Waals surface area contributed by atoms with Crippen LogP contribution in [0.1, 0.15) is 22.3 Å². The van der Waals surface area contributed by atoms with Crippen molar-refractivity contribution >= 4 is 50.7 Å². The first-order chi connectivity index (χ1) is 14.5. The molecule has 1 heterocycles. The molecule has 2 aromatic carbocycles. The number of esters is 1. The molecule has 3 rings (SSSR count). The van der Waals surface area contributed by atoms with Gasteiger partial charge in [0.1, 0.15) is 12.6 Å². The predicted octanol–water partition coefficient (Wildman–Crippen LogP) is 4.40. The third-order valence-electron chi connectivity index (χ3n) is 4.45. The van der Waals surface area contributed by atoms with E-state index in [-0.39, 0.29) is 17.9 Å². The van der Waals surface area contributed by atoms with Crippen LogP contribution in [0.5, 0.6) is 0 Å². The predicted molar refractivity (Wildman–Crippen MR) is 119 cm³/mol. The maximum Gasteiger partial charge on any atom is 0.329 e. The quantitative estimate of drug-likeness (QED) is 0.298. The highest BCUT2D eigenvalue weighted by Crippen LogP contribution is 2.26. The number of carbonyl (C=O) groups is 2. The Morgan fingerprint density at radius 1 is 1.23 bits per heavy atom. The smallest absolute Gasteiger partial charge is 0.329 e. The lowest BCUT2D eigenvalue weighted by Gasteiger charge is -2.17. The average Bonchev–Trinajstić information content (AvgIpc) is 3.18. The van der Waals surface area contributed by atoms with E-state index < -0.39 is 22.8 Å². The minimum absolute atomic E-state index is 0.116. The molecule has 1 N–H and O–H groups in total. The molecule has 0 fully saturated rings. The van der Waals surface area contributed by atoms with E-state index in [1.165, 1.54) is 24.3 Å². The van der Waals surface area contributed by atoms with E-state index in [4.69, 9.17) is 4.74 Å². The Morgan fingerprint density at radius 3 is 2.80 bits per heavy atom. The summed E-state index contributed by atoms with van der Waals surface area (Å²) < 4.78 is 6.60. The maximum atomic E-state index is 12.7. The van der Waals surface area contributed by atoms with Crippen LogP contribution in [-0.4, -0.2) is 34.9 Å². The van der Waals surface area contributed by atoms with E-state index in [2.05, 4.69) is 5.32 Å². The minimum atomic E-state index is -0.839. The number of hydrogen-bond acceptors (Lipinski definition) is 7. The fourth-order valence-electron chi connectivity index (χ4n) is 2.88. The minimum Gasteiger partial charge on any atom is -0.459 e. The Morgan fingerprint density at radius 2 is 2.03 bits per heavy atom. The third kappa shape index (κ3) is 5.37. The third-order valence-corrected chi connectivity index (χ3v) is 6.11. The molecule has 1 atom stereocenters. The largest absolute Gasteiger partial charge is 0.459 e. The molecule has 1 amide bonds. The van der Waals surface area contributed by atoms with Gasteiger partial charge >= 0.3 is 5.97 Å². The molecule has 30 heavy (non-hydrogen) atoms. The van der Waals surface area contributed by atoms with Gasteiger partial charge in [0.05, 0.1) is 4.92 Å². The normalized spacial score (nSPS) is 11.8. The van der Waals surface area contributed by atoms with Gasteiger partial charge in [0, 0.05) is 28.0 Å². The molecule has 0 aliphatic carbocycles. The summed E-state index contributed by atoms with van der Waals surface area (Å²) in [4.78, 5) is 35.6.